The summed E-state index contributed by atoms with van der Waals surface area (Å²) in [6.07, 6.45) is -4.53. The number of aromatic nitrogens is 2. The Bertz CT molecular complexity index is 731. The van der Waals surface area contributed by atoms with Gasteiger partial charge < -0.3 is 5.32 Å². The maximum Gasteiger partial charge on any atom is 0.417 e. The summed E-state index contributed by atoms with van der Waals surface area (Å²) < 4.78 is 39.9. The lowest BCUT2D eigenvalue weighted by Gasteiger charge is -2.10. The summed E-state index contributed by atoms with van der Waals surface area (Å²) in [5, 5.41) is 6.37. The first-order chi connectivity index (χ1) is 10.7. The van der Waals surface area contributed by atoms with Crippen LogP contribution in [0.15, 0.2) is 29.2 Å². The van der Waals surface area contributed by atoms with E-state index in [0.29, 0.717) is 10.7 Å². The zero-order valence-electron chi connectivity index (χ0n) is 12.2. The fraction of sp³-hybridized carbons (Fsp3) is 0.286. The summed E-state index contributed by atoms with van der Waals surface area (Å²) in [4.78, 5) is 12.2. The molecule has 0 atom stereocenters. The molecule has 1 aromatic heterocycles. The highest BCUT2D eigenvalue weighted by molar-refractivity contribution is 8.00. The van der Waals surface area contributed by atoms with Crippen LogP contribution in [0.3, 0.4) is 0 Å². The molecule has 23 heavy (non-hydrogen) atoms. The molecule has 1 amide bonds. The number of nitrogens with zero attached hydrogens (tertiary/aromatic N) is 2. The summed E-state index contributed by atoms with van der Waals surface area (Å²) in [5.41, 5.74) is -0.158. The number of hydrogen-bond acceptors (Lipinski definition) is 3. The maximum atomic E-state index is 12.8. The van der Waals surface area contributed by atoms with E-state index in [0.717, 1.165) is 23.5 Å². The molecule has 0 fully saturated rings. The molecule has 0 spiro atoms. The fourth-order valence-electron chi connectivity index (χ4n) is 1.87. The number of carbonyl (C=O) groups is 1. The van der Waals surface area contributed by atoms with Crippen molar-refractivity contribution in [2.24, 2.45) is 7.05 Å². The normalized spacial score (nSPS) is 11.6. The highest BCUT2D eigenvalue weighted by Crippen LogP contribution is 2.36. The van der Waals surface area contributed by atoms with E-state index in [1.807, 2.05) is 0 Å². The Balaban J connectivity index is 2.01. The molecule has 0 aliphatic carbocycles. The summed E-state index contributed by atoms with van der Waals surface area (Å²) in [5.74, 6) is 0.171. The van der Waals surface area contributed by atoms with Crippen LogP contribution >= 0.6 is 23.4 Å². The Labute approximate surface area is 140 Å². The minimum absolute atomic E-state index is 0.0246. The van der Waals surface area contributed by atoms with Crippen LogP contribution in [0.1, 0.15) is 11.3 Å². The number of benzene rings is 1. The van der Waals surface area contributed by atoms with Gasteiger partial charge in [-0.15, -0.1) is 11.8 Å². The maximum absolute atomic E-state index is 12.8. The number of amides is 1. The molecule has 0 aliphatic rings. The molecule has 0 radical (unpaired) electrons. The van der Waals surface area contributed by atoms with Crippen molar-refractivity contribution in [3.63, 3.8) is 0 Å². The second-order valence-electron chi connectivity index (χ2n) is 4.77. The van der Waals surface area contributed by atoms with Gasteiger partial charge in [-0.3, -0.25) is 9.48 Å². The van der Waals surface area contributed by atoms with Crippen molar-refractivity contribution in [1.29, 1.82) is 0 Å². The van der Waals surface area contributed by atoms with Gasteiger partial charge in [-0.05, 0) is 25.1 Å². The molecule has 4 nitrogen and oxygen atoms in total. The largest absolute Gasteiger partial charge is 0.417 e. The molecule has 0 bridgehead atoms. The highest BCUT2D eigenvalue weighted by atomic mass is 35.5. The average Bonchev–Trinajstić information content (AvgIpc) is 2.74. The monoisotopic (exact) mass is 363 g/mol. The van der Waals surface area contributed by atoms with Gasteiger partial charge in [-0.1, -0.05) is 11.6 Å². The number of alkyl halides is 3. The molecular formula is C14H13ClF3N3OS. The number of carbonyl (C=O) groups excluding carboxylic acids is 1. The van der Waals surface area contributed by atoms with Crippen molar-refractivity contribution >= 4 is 35.1 Å². The molecule has 1 heterocycles. The van der Waals surface area contributed by atoms with Gasteiger partial charge in [0.25, 0.3) is 0 Å². The SMILES string of the molecule is Cc1cc(NC(=O)CSc2ccc(Cl)c(C(F)(F)F)c2)n(C)n1. The third-order valence-electron chi connectivity index (χ3n) is 2.88. The standard InChI is InChI=1S/C14H13ClF3N3OS/c1-8-5-12(21(2)20-8)19-13(22)7-23-9-3-4-11(15)10(6-9)14(16,17)18/h3-6H,7H2,1-2H3,(H,19,22). The number of thioether (sulfide) groups is 1. The van der Waals surface area contributed by atoms with E-state index in [9.17, 15) is 18.0 Å². The van der Waals surface area contributed by atoms with Crippen molar-refractivity contribution in [1.82, 2.24) is 9.78 Å². The number of rotatable bonds is 4. The molecular weight excluding hydrogens is 351 g/mol. The van der Waals surface area contributed by atoms with Crippen molar-refractivity contribution < 1.29 is 18.0 Å². The van der Waals surface area contributed by atoms with Crippen LogP contribution in [-0.2, 0) is 18.0 Å². The molecule has 0 aliphatic heterocycles. The first-order valence-corrected chi connectivity index (χ1v) is 7.83. The summed E-state index contributed by atoms with van der Waals surface area (Å²) in [6.45, 7) is 1.79. The van der Waals surface area contributed by atoms with Gasteiger partial charge in [-0.2, -0.15) is 18.3 Å². The minimum Gasteiger partial charge on any atom is -0.310 e. The van der Waals surface area contributed by atoms with Gasteiger partial charge in [0.1, 0.15) is 5.82 Å². The molecule has 1 aromatic carbocycles. The van der Waals surface area contributed by atoms with Crippen molar-refractivity contribution in [2.45, 2.75) is 18.0 Å². The molecule has 0 saturated heterocycles. The predicted molar refractivity (Wildman–Crippen MR) is 83.8 cm³/mol. The predicted octanol–water partition coefficient (Wildman–Crippen LogP) is 4.13. The van der Waals surface area contributed by atoms with Gasteiger partial charge in [0.15, 0.2) is 0 Å². The zero-order valence-corrected chi connectivity index (χ0v) is 13.8. The number of halogens is 4. The molecule has 2 rings (SSSR count). The number of nitrogens with one attached hydrogen (secondary N) is 1. The van der Waals surface area contributed by atoms with Gasteiger partial charge in [0.2, 0.25) is 5.91 Å². The van der Waals surface area contributed by atoms with Crippen LogP contribution in [0.2, 0.25) is 5.02 Å². The topological polar surface area (TPSA) is 46.9 Å². The van der Waals surface area contributed by atoms with Crippen LogP contribution in [-0.4, -0.2) is 21.4 Å². The lowest BCUT2D eigenvalue weighted by molar-refractivity contribution is -0.137. The zero-order chi connectivity index (χ0) is 17.2. The lowest BCUT2D eigenvalue weighted by Crippen LogP contribution is -2.16. The third-order valence-corrected chi connectivity index (χ3v) is 4.21. The van der Waals surface area contributed by atoms with E-state index in [4.69, 9.17) is 11.6 Å². The van der Waals surface area contributed by atoms with E-state index in [-0.39, 0.29) is 16.7 Å². The van der Waals surface area contributed by atoms with Gasteiger partial charge in [0.05, 0.1) is 22.0 Å². The molecule has 1 N–H and O–H groups in total. The van der Waals surface area contributed by atoms with E-state index in [1.165, 1.54) is 16.8 Å². The molecule has 2 aromatic rings. The number of anilines is 1. The van der Waals surface area contributed by atoms with Crippen LogP contribution in [0.4, 0.5) is 19.0 Å². The number of aryl methyl sites for hydroxylation is 2. The van der Waals surface area contributed by atoms with Crippen LogP contribution in [0.25, 0.3) is 0 Å². The van der Waals surface area contributed by atoms with Crippen molar-refractivity contribution in [2.75, 3.05) is 11.1 Å². The summed E-state index contributed by atoms with van der Waals surface area (Å²) >= 11 is 6.55. The van der Waals surface area contributed by atoms with Crippen LogP contribution < -0.4 is 5.32 Å². The van der Waals surface area contributed by atoms with Gasteiger partial charge in [-0.25, -0.2) is 0 Å². The quantitative estimate of drug-likeness (QED) is 0.831. The third kappa shape index (κ3) is 4.65. The Morgan fingerprint density at radius 1 is 1.39 bits per heavy atom. The van der Waals surface area contributed by atoms with E-state index < -0.39 is 11.7 Å². The first kappa shape index (κ1) is 17.7. The van der Waals surface area contributed by atoms with E-state index >= 15 is 0 Å². The smallest absolute Gasteiger partial charge is 0.310 e. The summed E-state index contributed by atoms with van der Waals surface area (Å²) in [7, 11) is 1.69. The van der Waals surface area contributed by atoms with Gasteiger partial charge >= 0.3 is 6.18 Å². The fourth-order valence-corrected chi connectivity index (χ4v) is 2.83. The first-order valence-electron chi connectivity index (χ1n) is 6.47. The van der Waals surface area contributed by atoms with Crippen LogP contribution in [0, 0.1) is 6.92 Å². The van der Waals surface area contributed by atoms with Crippen molar-refractivity contribution in [3.8, 4) is 0 Å². The second kappa shape index (κ2) is 6.84. The Morgan fingerprint density at radius 3 is 2.65 bits per heavy atom. The molecule has 124 valence electrons. The lowest BCUT2D eigenvalue weighted by atomic mass is 10.2. The van der Waals surface area contributed by atoms with E-state index in [1.54, 1.807) is 20.0 Å². The Hall–Kier alpha value is -1.67. The average molecular weight is 364 g/mol. The Morgan fingerprint density at radius 2 is 2.09 bits per heavy atom. The Kier molecular flexibility index (Phi) is 5.26. The summed E-state index contributed by atoms with van der Waals surface area (Å²) in [6, 6.07) is 5.26. The van der Waals surface area contributed by atoms with Gasteiger partial charge in [0, 0.05) is 18.0 Å². The molecule has 9 heteroatoms. The molecule has 0 unspecified atom stereocenters. The second-order valence-corrected chi connectivity index (χ2v) is 6.23. The minimum atomic E-state index is -4.53. The molecule has 0 saturated carbocycles. The highest BCUT2D eigenvalue weighted by Gasteiger charge is 2.33. The van der Waals surface area contributed by atoms with Crippen LogP contribution in [0.5, 0.6) is 0 Å². The van der Waals surface area contributed by atoms with E-state index in [2.05, 4.69) is 10.4 Å². The number of hydrogen-bond donors (Lipinski definition) is 1. The van der Waals surface area contributed by atoms with Crippen molar-refractivity contribution in [3.05, 3.63) is 40.5 Å².